The van der Waals surface area contributed by atoms with Gasteiger partial charge in [-0.05, 0) is 58.7 Å². The van der Waals surface area contributed by atoms with E-state index in [0.29, 0.717) is 4.47 Å². The van der Waals surface area contributed by atoms with Gasteiger partial charge >= 0.3 is 0 Å². The van der Waals surface area contributed by atoms with Crippen molar-refractivity contribution in [3.63, 3.8) is 0 Å². The van der Waals surface area contributed by atoms with Gasteiger partial charge in [0, 0.05) is 11.7 Å². The van der Waals surface area contributed by atoms with Crippen LogP contribution in [0.4, 0.5) is 14.5 Å². The van der Waals surface area contributed by atoms with Gasteiger partial charge in [0.15, 0.2) is 0 Å². The molecule has 0 aliphatic rings. The molecule has 0 aliphatic carbocycles. The first kappa shape index (κ1) is 14.3. The Hall–Kier alpha value is -1.13. The number of nitrogens with one attached hydrogen (secondary N) is 1. The van der Waals surface area contributed by atoms with Crippen LogP contribution in [-0.2, 0) is 0 Å². The smallest absolute Gasteiger partial charge is 0.142 e. The molecule has 0 amide bonds. The van der Waals surface area contributed by atoms with Crippen LogP contribution in [0.25, 0.3) is 0 Å². The largest absolute Gasteiger partial charge is 0.378 e. The zero-order valence-corrected chi connectivity index (χ0v) is 12.4. The van der Waals surface area contributed by atoms with Gasteiger partial charge in [0.05, 0.1) is 9.50 Å². The molecule has 2 aromatic rings. The number of benzene rings is 2. The quantitative estimate of drug-likeness (QED) is 0.768. The molecule has 2 aromatic carbocycles. The number of halogens is 4. The van der Waals surface area contributed by atoms with Gasteiger partial charge in [0.1, 0.15) is 11.6 Å². The fraction of sp³-hybridized carbons (Fsp3) is 0.143. The second-order valence-electron chi connectivity index (χ2n) is 4.17. The zero-order chi connectivity index (χ0) is 14.0. The highest BCUT2D eigenvalue weighted by Gasteiger charge is 2.09. The third-order valence-electron chi connectivity index (χ3n) is 2.75. The first-order valence-corrected chi connectivity index (χ1v) is 6.81. The number of hydrogen-bond donors (Lipinski definition) is 1. The van der Waals surface area contributed by atoms with E-state index < -0.39 is 5.82 Å². The summed E-state index contributed by atoms with van der Waals surface area (Å²) >= 11 is 8.76. The van der Waals surface area contributed by atoms with Crippen LogP contribution in [0, 0.1) is 11.6 Å². The van der Waals surface area contributed by atoms with E-state index in [1.807, 2.05) is 6.92 Å². The SMILES string of the molecule is CC(Nc1ccc(F)c(Br)c1)c1ccc(Cl)c(F)c1. The minimum Gasteiger partial charge on any atom is -0.378 e. The van der Waals surface area contributed by atoms with Crippen molar-refractivity contribution in [2.45, 2.75) is 13.0 Å². The van der Waals surface area contributed by atoms with Crippen LogP contribution < -0.4 is 5.32 Å². The molecule has 0 fully saturated rings. The van der Waals surface area contributed by atoms with Crippen LogP contribution in [0.1, 0.15) is 18.5 Å². The molecule has 1 unspecified atom stereocenters. The lowest BCUT2D eigenvalue weighted by atomic mass is 10.1. The molecule has 19 heavy (non-hydrogen) atoms. The topological polar surface area (TPSA) is 12.0 Å². The Balaban J connectivity index is 2.17. The van der Waals surface area contributed by atoms with Gasteiger partial charge in [0.2, 0.25) is 0 Å². The van der Waals surface area contributed by atoms with Crippen LogP contribution in [0.5, 0.6) is 0 Å². The molecule has 0 saturated heterocycles. The van der Waals surface area contributed by atoms with E-state index in [9.17, 15) is 8.78 Å². The lowest BCUT2D eigenvalue weighted by Crippen LogP contribution is -2.07. The predicted molar refractivity (Wildman–Crippen MR) is 77.5 cm³/mol. The number of anilines is 1. The summed E-state index contributed by atoms with van der Waals surface area (Å²) < 4.78 is 26.9. The molecule has 0 saturated carbocycles. The third-order valence-corrected chi connectivity index (χ3v) is 3.66. The van der Waals surface area contributed by atoms with Crippen LogP contribution >= 0.6 is 27.5 Å². The Kier molecular flexibility index (Phi) is 4.42. The minimum absolute atomic E-state index is 0.0977. The molecule has 0 spiro atoms. The third kappa shape index (κ3) is 3.45. The fourth-order valence-corrected chi connectivity index (χ4v) is 2.20. The van der Waals surface area contributed by atoms with Crippen LogP contribution in [0.15, 0.2) is 40.9 Å². The highest BCUT2D eigenvalue weighted by Crippen LogP contribution is 2.25. The second-order valence-corrected chi connectivity index (χ2v) is 5.43. The average Bonchev–Trinajstić information content (AvgIpc) is 2.37. The van der Waals surface area contributed by atoms with Crippen LogP contribution in [-0.4, -0.2) is 0 Å². The highest BCUT2D eigenvalue weighted by molar-refractivity contribution is 9.10. The molecular weight excluding hydrogens is 336 g/mol. The highest BCUT2D eigenvalue weighted by atomic mass is 79.9. The Morgan fingerprint density at radius 1 is 1.11 bits per heavy atom. The number of rotatable bonds is 3. The van der Waals surface area contributed by atoms with Crippen LogP contribution in [0.2, 0.25) is 5.02 Å². The summed E-state index contributed by atoms with van der Waals surface area (Å²) in [4.78, 5) is 0. The standard InChI is InChI=1S/C14H11BrClF2N/c1-8(9-2-4-12(16)14(18)6-9)19-10-3-5-13(17)11(15)7-10/h2-8,19H,1H3. The van der Waals surface area contributed by atoms with E-state index in [1.54, 1.807) is 18.2 Å². The Morgan fingerprint density at radius 2 is 1.84 bits per heavy atom. The summed E-state index contributed by atoms with van der Waals surface area (Å²) in [6.45, 7) is 1.89. The van der Waals surface area contributed by atoms with Crippen molar-refractivity contribution >= 4 is 33.2 Å². The Labute approximate surface area is 123 Å². The molecule has 0 radical (unpaired) electrons. The maximum atomic E-state index is 13.4. The van der Waals surface area contributed by atoms with E-state index in [2.05, 4.69) is 21.2 Å². The van der Waals surface area contributed by atoms with Gasteiger partial charge in [-0.25, -0.2) is 8.78 Å². The monoisotopic (exact) mass is 345 g/mol. The normalized spacial score (nSPS) is 12.3. The van der Waals surface area contributed by atoms with Crippen molar-refractivity contribution in [3.8, 4) is 0 Å². The summed E-state index contributed by atoms with van der Waals surface area (Å²) in [7, 11) is 0. The average molecular weight is 347 g/mol. The fourth-order valence-electron chi connectivity index (χ4n) is 1.70. The van der Waals surface area contributed by atoms with E-state index >= 15 is 0 Å². The molecule has 1 atom stereocenters. The second kappa shape index (κ2) is 5.88. The van der Waals surface area contributed by atoms with Crippen molar-refractivity contribution in [1.82, 2.24) is 0 Å². The van der Waals surface area contributed by atoms with Crippen molar-refractivity contribution in [3.05, 3.63) is 63.1 Å². The zero-order valence-electron chi connectivity index (χ0n) is 10.1. The van der Waals surface area contributed by atoms with Crippen molar-refractivity contribution in [2.24, 2.45) is 0 Å². The van der Waals surface area contributed by atoms with E-state index in [1.165, 1.54) is 18.2 Å². The number of hydrogen-bond acceptors (Lipinski definition) is 1. The molecule has 0 aromatic heterocycles. The van der Waals surface area contributed by atoms with Crippen molar-refractivity contribution < 1.29 is 8.78 Å². The van der Waals surface area contributed by atoms with E-state index in [4.69, 9.17) is 11.6 Å². The molecule has 1 N–H and O–H groups in total. The minimum atomic E-state index is -0.451. The molecular formula is C14H11BrClF2N. The van der Waals surface area contributed by atoms with E-state index in [-0.39, 0.29) is 16.9 Å². The molecule has 100 valence electrons. The van der Waals surface area contributed by atoms with Crippen LogP contribution in [0.3, 0.4) is 0 Å². The molecule has 2 rings (SSSR count). The van der Waals surface area contributed by atoms with Gasteiger partial charge in [-0.3, -0.25) is 0 Å². The van der Waals surface area contributed by atoms with E-state index in [0.717, 1.165) is 11.3 Å². The van der Waals surface area contributed by atoms with Gasteiger partial charge in [-0.2, -0.15) is 0 Å². The van der Waals surface area contributed by atoms with Gasteiger partial charge in [0.25, 0.3) is 0 Å². The van der Waals surface area contributed by atoms with Gasteiger partial charge in [-0.1, -0.05) is 17.7 Å². The first-order valence-electron chi connectivity index (χ1n) is 5.64. The maximum Gasteiger partial charge on any atom is 0.142 e. The lowest BCUT2D eigenvalue weighted by Gasteiger charge is -2.16. The molecule has 1 nitrogen and oxygen atoms in total. The van der Waals surface area contributed by atoms with Gasteiger partial charge in [-0.15, -0.1) is 0 Å². The summed E-state index contributed by atoms with van der Waals surface area (Å²) in [5.41, 5.74) is 1.51. The first-order chi connectivity index (χ1) is 8.97. The summed E-state index contributed by atoms with van der Waals surface area (Å²) in [5, 5.41) is 3.26. The summed E-state index contributed by atoms with van der Waals surface area (Å²) in [6.07, 6.45) is 0. The summed E-state index contributed by atoms with van der Waals surface area (Å²) in [6, 6.07) is 9.16. The molecule has 0 bridgehead atoms. The molecule has 0 aliphatic heterocycles. The van der Waals surface area contributed by atoms with Crippen molar-refractivity contribution in [1.29, 1.82) is 0 Å². The van der Waals surface area contributed by atoms with Crippen molar-refractivity contribution in [2.75, 3.05) is 5.32 Å². The Morgan fingerprint density at radius 3 is 2.47 bits per heavy atom. The molecule has 5 heteroatoms. The van der Waals surface area contributed by atoms with Gasteiger partial charge < -0.3 is 5.32 Å². The predicted octanol–water partition coefficient (Wildman–Crippen LogP) is 5.55. The maximum absolute atomic E-state index is 13.4. The summed E-state index contributed by atoms with van der Waals surface area (Å²) in [5.74, 6) is -0.774. The Bertz CT molecular complexity index is 604. The lowest BCUT2D eigenvalue weighted by molar-refractivity contribution is 0.621. The molecule has 0 heterocycles.